The highest BCUT2D eigenvalue weighted by molar-refractivity contribution is 6.31. The number of rotatable bonds is 4. The number of fused-ring (bicyclic) bond motifs is 10. The van der Waals surface area contributed by atoms with E-state index in [1.807, 2.05) is 6.07 Å². The molecule has 4 fully saturated rings. The van der Waals surface area contributed by atoms with Crippen LogP contribution in [-0.2, 0) is 26.2 Å². The Balaban J connectivity index is 1.28. The number of ether oxygens (including phenoxy) is 1. The van der Waals surface area contributed by atoms with Crippen LogP contribution in [0.5, 0.6) is 0 Å². The van der Waals surface area contributed by atoms with Crippen molar-refractivity contribution in [3.63, 3.8) is 0 Å². The molecule has 45 heavy (non-hydrogen) atoms. The maximum Gasteiger partial charge on any atom is 0.325 e. The van der Waals surface area contributed by atoms with Gasteiger partial charge in [-0.3, -0.25) is 9.59 Å². The van der Waals surface area contributed by atoms with Crippen molar-refractivity contribution in [3.8, 4) is 0 Å². The van der Waals surface area contributed by atoms with E-state index < -0.39 is 5.41 Å². The number of hydrogen-bond acceptors (Lipinski definition) is 3. The second-order valence-corrected chi connectivity index (χ2v) is 17.6. The van der Waals surface area contributed by atoms with E-state index in [0.717, 1.165) is 43.5 Å². The molecule has 2 N–H and O–H groups in total. The smallest absolute Gasteiger partial charge is 0.325 e. The average molecular weight is 633 g/mol. The first-order valence-corrected chi connectivity index (χ1v) is 17.8. The maximum atomic E-state index is 14.1. The van der Waals surface area contributed by atoms with Gasteiger partial charge in [0.25, 0.3) is 0 Å². The van der Waals surface area contributed by atoms with Crippen LogP contribution in [0.2, 0.25) is 5.02 Å². The highest BCUT2D eigenvalue weighted by Gasteiger charge is 2.71. The molecule has 1 heterocycles. The predicted octanol–water partition coefficient (Wildman–Crippen LogP) is 8.78. The summed E-state index contributed by atoms with van der Waals surface area (Å²) < 4.78 is 4.87. The lowest BCUT2D eigenvalue weighted by Crippen LogP contribution is -2.67. The number of carbonyl (C=O) groups is 2. The van der Waals surface area contributed by atoms with Crippen molar-refractivity contribution in [2.24, 2.45) is 51.2 Å². The second kappa shape index (κ2) is 10.1. The molecule has 4 saturated carbocycles. The van der Waals surface area contributed by atoms with E-state index in [4.69, 9.17) is 16.3 Å². The Morgan fingerprint density at radius 1 is 1.00 bits per heavy atom. The molecule has 7 rings (SSSR count). The van der Waals surface area contributed by atoms with Crippen LogP contribution >= 0.6 is 11.6 Å². The SMILES string of the molecule is C=C(C)C1CC[C@]2(C(=O)NCC(=O)OC)CC[C@]3(C)C(CCC4[C@@]5(C)Cc6c([nH]c7ccc(Cl)cc67)C(C)(C)C5CC[C@]43C)C12. The summed E-state index contributed by atoms with van der Waals surface area (Å²) >= 11 is 6.57. The molecule has 5 nitrogen and oxygen atoms in total. The lowest BCUT2D eigenvalue weighted by Gasteiger charge is -2.72. The van der Waals surface area contributed by atoms with Gasteiger partial charge in [-0.25, -0.2) is 0 Å². The molecule has 244 valence electrons. The molecular formula is C39H53ClN2O3. The first-order valence-electron chi connectivity index (χ1n) is 17.5. The van der Waals surface area contributed by atoms with E-state index in [9.17, 15) is 9.59 Å². The summed E-state index contributed by atoms with van der Waals surface area (Å²) in [5.41, 5.74) is 5.42. The molecule has 6 heteroatoms. The van der Waals surface area contributed by atoms with Gasteiger partial charge in [0.05, 0.1) is 12.5 Å². The monoisotopic (exact) mass is 632 g/mol. The molecular weight excluding hydrogens is 580 g/mol. The number of allylic oxidation sites excluding steroid dienone is 1. The first-order chi connectivity index (χ1) is 21.1. The Hall–Kier alpha value is -2.27. The number of H-pyrrole nitrogens is 1. The summed E-state index contributed by atoms with van der Waals surface area (Å²) in [7, 11) is 1.38. The van der Waals surface area contributed by atoms with Crippen LogP contribution < -0.4 is 5.32 Å². The Bertz CT molecular complexity index is 1590. The molecule has 1 amide bonds. The van der Waals surface area contributed by atoms with E-state index in [0.29, 0.717) is 23.7 Å². The van der Waals surface area contributed by atoms with Gasteiger partial charge in [0.15, 0.2) is 0 Å². The van der Waals surface area contributed by atoms with Gasteiger partial charge in [-0.1, -0.05) is 58.4 Å². The number of esters is 1. The molecule has 0 bridgehead atoms. The number of nitrogens with one attached hydrogen (secondary N) is 2. The third-order valence-electron chi connectivity index (χ3n) is 15.3. The number of aromatic nitrogens is 1. The molecule has 9 atom stereocenters. The molecule has 1 aromatic heterocycles. The summed E-state index contributed by atoms with van der Waals surface area (Å²) in [4.78, 5) is 30.0. The fourth-order valence-electron chi connectivity index (χ4n) is 13.2. The van der Waals surface area contributed by atoms with Crippen molar-refractivity contribution in [1.29, 1.82) is 0 Å². The first kappa shape index (κ1) is 31.3. The van der Waals surface area contributed by atoms with Crippen LogP contribution in [0.4, 0.5) is 0 Å². The topological polar surface area (TPSA) is 71.2 Å². The Morgan fingerprint density at radius 3 is 2.47 bits per heavy atom. The largest absolute Gasteiger partial charge is 0.468 e. The highest BCUT2D eigenvalue weighted by Crippen LogP contribution is 2.77. The van der Waals surface area contributed by atoms with Crippen LogP contribution in [0.15, 0.2) is 30.4 Å². The minimum absolute atomic E-state index is 0.0445. The Labute approximate surface area is 274 Å². The summed E-state index contributed by atoms with van der Waals surface area (Å²) in [5, 5.41) is 5.13. The Morgan fingerprint density at radius 2 is 1.76 bits per heavy atom. The minimum Gasteiger partial charge on any atom is -0.468 e. The summed E-state index contributed by atoms with van der Waals surface area (Å²) in [6.07, 6.45) is 9.77. The maximum absolute atomic E-state index is 14.1. The second-order valence-electron chi connectivity index (χ2n) is 17.2. The van der Waals surface area contributed by atoms with Crippen molar-refractivity contribution in [2.75, 3.05) is 13.7 Å². The number of halogens is 1. The van der Waals surface area contributed by atoms with E-state index in [-0.39, 0.29) is 46.0 Å². The normalized spacial score (nSPS) is 41.2. The third kappa shape index (κ3) is 4.04. The molecule has 1 aromatic carbocycles. The molecule has 0 radical (unpaired) electrons. The van der Waals surface area contributed by atoms with Crippen molar-refractivity contribution in [3.05, 3.63) is 46.6 Å². The molecule has 0 aliphatic heterocycles. The van der Waals surface area contributed by atoms with Gasteiger partial charge in [0.1, 0.15) is 6.54 Å². The number of hydrogen-bond donors (Lipinski definition) is 2. The number of benzene rings is 1. The molecule has 5 aliphatic carbocycles. The van der Waals surface area contributed by atoms with Gasteiger partial charge < -0.3 is 15.0 Å². The minimum atomic E-state index is -0.433. The fourth-order valence-corrected chi connectivity index (χ4v) is 13.4. The Kier molecular flexibility index (Phi) is 7.04. The van der Waals surface area contributed by atoms with Crippen LogP contribution in [0.3, 0.4) is 0 Å². The molecule has 5 unspecified atom stereocenters. The van der Waals surface area contributed by atoms with Gasteiger partial charge in [-0.15, -0.1) is 0 Å². The lowest BCUT2D eigenvalue weighted by atomic mass is 9.32. The van der Waals surface area contributed by atoms with E-state index in [1.54, 1.807) is 0 Å². The third-order valence-corrected chi connectivity index (χ3v) is 15.6. The average Bonchev–Trinajstić information content (AvgIpc) is 3.56. The summed E-state index contributed by atoms with van der Waals surface area (Å²) in [5.74, 6) is 1.94. The molecule has 0 saturated heterocycles. The van der Waals surface area contributed by atoms with E-state index in [2.05, 4.69) is 70.6 Å². The van der Waals surface area contributed by atoms with Crippen LogP contribution in [0.1, 0.15) is 104 Å². The summed E-state index contributed by atoms with van der Waals surface area (Å²) in [6, 6.07) is 6.34. The standard InChI is InChI=1S/C39H53ClN2O3/c1-22(2)24-13-16-39(34(44)41-21-31(43)45-8)18-17-37(6)27(32(24)39)10-12-30-36(5)20-26-25-19-23(40)9-11-28(25)42-33(26)35(3,4)29(36)14-15-38(30,37)7/h9,11,19,24,27,29-30,32,42H,1,10,12-18,20-21H2,2-8H3,(H,41,44)/t24?,27?,29?,30?,32?,36-,37+,38+,39-/m0/s1. The molecule has 2 aromatic rings. The van der Waals surface area contributed by atoms with Gasteiger partial charge in [-0.2, -0.15) is 0 Å². The van der Waals surface area contributed by atoms with Gasteiger partial charge in [0, 0.05) is 27.0 Å². The number of carbonyl (C=O) groups excluding carboxylic acids is 2. The number of methoxy groups -OCH3 is 1. The van der Waals surface area contributed by atoms with Crippen LogP contribution in [0.25, 0.3) is 10.9 Å². The van der Waals surface area contributed by atoms with Crippen LogP contribution in [0, 0.1) is 51.2 Å². The van der Waals surface area contributed by atoms with Gasteiger partial charge >= 0.3 is 5.97 Å². The van der Waals surface area contributed by atoms with Crippen molar-refractivity contribution < 1.29 is 14.3 Å². The zero-order valence-corrected chi connectivity index (χ0v) is 29.3. The predicted molar refractivity (Wildman–Crippen MR) is 181 cm³/mol. The zero-order valence-electron chi connectivity index (χ0n) is 28.5. The zero-order chi connectivity index (χ0) is 32.3. The number of aromatic amines is 1. The van der Waals surface area contributed by atoms with Gasteiger partial charge in [-0.05, 0) is 134 Å². The number of amides is 1. The summed E-state index contributed by atoms with van der Waals surface area (Å²) in [6.45, 7) is 19.5. The van der Waals surface area contributed by atoms with Gasteiger partial charge in [0.2, 0.25) is 5.91 Å². The van der Waals surface area contributed by atoms with E-state index in [1.165, 1.54) is 54.1 Å². The molecule has 0 spiro atoms. The quantitative estimate of drug-likeness (QED) is 0.261. The van der Waals surface area contributed by atoms with Crippen molar-refractivity contribution in [1.82, 2.24) is 10.3 Å². The highest BCUT2D eigenvalue weighted by atomic mass is 35.5. The van der Waals surface area contributed by atoms with E-state index >= 15 is 0 Å². The lowest BCUT2D eigenvalue weighted by molar-refractivity contribution is -0.224. The van der Waals surface area contributed by atoms with Crippen molar-refractivity contribution >= 4 is 34.4 Å². The van der Waals surface area contributed by atoms with Crippen molar-refractivity contribution in [2.45, 2.75) is 105 Å². The van der Waals surface area contributed by atoms with Crippen LogP contribution in [-0.4, -0.2) is 30.5 Å². The fraction of sp³-hybridized carbons (Fsp3) is 0.692. The molecule has 5 aliphatic rings.